The van der Waals surface area contributed by atoms with Crippen LogP contribution in [0.2, 0.25) is 0 Å². The number of carbonyl (C=O) groups excluding carboxylic acids is 2. The van der Waals surface area contributed by atoms with E-state index in [-0.39, 0.29) is 23.6 Å². The summed E-state index contributed by atoms with van der Waals surface area (Å²) in [5.74, 6) is 3.57. The van der Waals surface area contributed by atoms with E-state index in [1.807, 2.05) is 0 Å². The molecule has 6 heteroatoms. The molecule has 0 aromatic heterocycles. The molecule has 21 heavy (non-hydrogen) atoms. The number of hydrogen-bond acceptors (Lipinski definition) is 3. The van der Waals surface area contributed by atoms with Crippen molar-refractivity contribution in [2.75, 3.05) is 19.7 Å². The van der Waals surface area contributed by atoms with Crippen molar-refractivity contribution in [2.24, 2.45) is 0 Å². The van der Waals surface area contributed by atoms with Gasteiger partial charge in [-0.25, -0.2) is 4.39 Å². The van der Waals surface area contributed by atoms with Crippen molar-refractivity contribution < 1.29 is 19.1 Å². The van der Waals surface area contributed by atoms with Gasteiger partial charge < -0.3 is 15.3 Å². The number of nitrogens with one attached hydrogen (secondary N) is 1. The number of carbonyl (C=O) groups is 2. The van der Waals surface area contributed by atoms with Gasteiger partial charge in [-0.1, -0.05) is 11.8 Å². The van der Waals surface area contributed by atoms with Crippen LogP contribution in [-0.2, 0) is 4.79 Å². The smallest absolute Gasteiger partial charge is 0.254 e. The number of halogens is 1. The third-order valence-electron chi connectivity index (χ3n) is 3.28. The molecule has 5 nitrogen and oxygen atoms in total. The first-order valence-corrected chi connectivity index (χ1v) is 6.52. The third-order valence-corrected chi connectivity index (χ3v) is 3.28. The minimum Gasteiger partial charge on any atom is -0.384 e. The number of rotatable bonds is 1. The molecular weight excluding hydrogens is 275 g/mol. The highest BCUT2D eigenvalue weighted by Gasteiger charge is 2.30. The van der Waals surface area contributed by atoms with Crippen molar-refractivity contribution in [3.63, 3.8) is 0 Å². The van der Waals surface area contributed by atoms with Crippen molar-refractivity contribution in [2.45, 2.75) is 13.0 Å². The zero-order valence-corrected chi connectivity index (χ0v) is 11.5. The predicted molar refractivity (Wildman–Crippen MR) is 73.9 cm³/mol. The summed E-state index contributed by atoms with van der Waals surface area (Å²) >= 11 is 0. The number of aliphatic hydroxyl groups is 1. The van der Waals surface area contributed by atoms with E-state index < -0.39 is 17.8 Å². The fourth-order valence-electron chi connectivity index (χ4n) is 2.11. The molecule has 1 aromatic rings. The van der Waals surface area contributed by atoms with Crippen LogP contribution in [0.15, 0.2) is 18.2 Å². The second-order valence-corrected chi connectivity index (χ2v) is 4.62. The lowest BCUT2D eigenvalue weighted by Gasteiger charge is -2.32. The summed E-state index contributed by atoms with van der Waals surface area (Å²) in [6, 6.07) is 3.37. The monoisotopic (exact) mass is 290 g/mol. The Morgan fingerprint density at radius 3 is 3.00 bits per heavy atom. The fraction of sp³-hybridized carbons (Fsp3) is 0.333. The molecular formula is C15H15FN2O3. The van der Waals surface area contributed by atoms with E-state index in [0.717, 1.165) is 6.07 Å². The van der Waals surface area contributed by atoms with Crippen LogP contribution in [0.25, 0.3) is 0 Å². The quantitative estimate of drug-likeness (QED) is 0.722. The Hall–Kier alpha value is -2.39. The number of nitrogens with zero attached hydrogens (tertiary/aromatic N) is 1. The Labute approximate surface area is 121 Å². The molecule has 1 saturated heterocycles. The Kier molecular flexibility index (Phi) is 4.55. The lowest BCUT2D eigenvalue weighted by Crippen LogP contribution is -2.55. The van der Waals surface area contributed by atoms with Gasteiger partial charge in [0.15, 0.2) is 0 Å². The van der Waals surface area contributed by atoms with Gasteiger partial charge in [0.2, 0.25) is 5.91 Å². The SMILES string of the molecule is CC1C(=O)NCCN1C(=O)c1ccc(C#CCO)c(F)c1. The molecule has 0 spiro atoms. The van der Waals surface area contributed by atoms with Gasteiger partial charge >= 0.3 is 0 Å². The van der Waals surface area contributed by atoms with Crippen molar-refractivity contribution in [1.82, 2.24) is 10.2 Å². The molecule has 1 aliphatic rings. The van der Waals surface area contributed by atoms with Crippen LogP contribution < -0.4 is 5.32 Å². The molecule has 1 atom stereocenters. The lowest BCUT2D eigenvalue weighted by molar-refractivity contribution is -0.127. The maximum atomic E-state index is 13.8. The normalized spacial score (nSPS) is 17.8. The molecule has 1 fully saturated rings. The molecule has 2 N–H and O–H groups in total. The average Bonchev–Trinajstić information content (AvgIpc) is 2.48. The average molecular weight is 290 g/mol. The van der Waals surface area contributed by atoms with Gasteiger partial charge in [-0.2, -0.15) is 0 Å². The largest absolute Gasteiger partial charge is 0.384 e. The van der Waals surface area contributed by atoms with Crippen molar-refractivity contribution in [1.29, 1.82) is 0 Å². The summed E-state index contributed by atoms with van der Waals surface area (Å²) < 4.78 is 13.8. The Morgan fingerprint density at radius 2 is 2.33 bits per heavy atom. The van der Waals surface area contributed by atoms with Crippen LogP contribution in [0.5, 0.6) is 0 Å². The van der Waals surface area contributed by atoms with Crippen molar-refractivity contribution in [3.8, 4) is 11.8 Å². The molecule has 1 aromatic carbocycles. The molecule has 110 valence electrons. The highest BCUT2D eigenvalue weighted by atomic mass is 19.1. The zero-order valence-electron chi connectivity index (χ0n) is 11.5. The van der Waals surface area contributed by atoms with E-state index in [4.69, 9.17) is 5.11 Å². The first kappa shape index (κ1) is 15.0. The molecule has 0 aliphatic carbocycles. The van der Waals surface area contributed by atoms with Crippen LogP contribution in [0, 0.1) is 17.7 Å². The van der Waals surface area contributed by atoms with E-state index in [1.165, 1.54) is 17.0 Å². The molecule has 1 aliphatic heterocycles. The standard InChI is InChI=1S/C15H15FN2O3/c1-10-14(20)17-6-7-18(10)15(21)12-5-4-11(3-2-8-19)13(16)9-12/h4-5,9-10,19H,6-8H2,1H3,(H,17,20). The number of benzene rings is 1. The van der Waals surface area contributed by atoms with Gasteiger partial charge in [-0.3, -0.25) is 9.59 Å². The topological polar surface area (TPSA) is 69.6 Å². The van der Waals surface area contributed by atoms with E-state index in [2.05, 4.69) is 17.2 Å². The molecule has 1 heterocycles. The summed E-state index contributed by atoms with van der Waals surface area (Å²) in [7, 11) is 0. The molecule has 0 radical (unpaired) electrons. The fourth-order valence-corrected chi connectivity index (χ4v) is 2.11. The first-order valence-electron chi connectivity index (χ1n) is 6.52. The van der Waals surface area contributed by atoms with Gasteiger partial charge in [0.1, 0.15) is 18.5 Å². The number of aliphatic hydroxyl groups excluding tert-OH is 1. The molecule has 2 amide bonds. The van der Waals surface area contributed by atoms with E-state index in [1.54, 1.807) is 6.92 Å². The summed E-state index contributed by atoms with van der Waals surface area (Å²) in [5, 5.41) is 11.3. The summed E-state index contributed by atoms with van der Waals surface area (Å²) in [6.45, 7) is 2.04. The first-order chi connectivity index (χ1) is 10.0. The zero-order chi connectivity index (χ0) is 15.4. The van der Waals surface area contributed by atoms with E-state index in [0.29, 0.717) is 13.1 Å². The van der Waals surface area contributed by atoms with E-state index in [9.17, 15) is 14.0 Å². The van der Waals surface area contributed by atoms with Crippen LogP contribution in [0.4, 0.5) is 4.39 Å². The number of hydrogen-bond donors (Lipinski definition) is 2. The van der Waals surface area contributed by atoms with Crippen LogP contribution >= 0.6 is 0 Å². The minimum atomic E-state index is -0.629. The maximum absolute atomic E-state index is 13.8. The third kappa shape index (κ3) is 3.20. The van der Waals surface area contributed by atoms with Gasteiger partial charge in [0.05, 0.1) is 5.56 Å². The Bertz CT molecular complexity index is 634. The Balaban J connectivity index is 2.23. The molecule has 1 unspecified atom stereocenters. The summed E-state index contributed by atoms with van der Waals surface area (Å²) in [5.41, 5.74) is 0.286. The number of piperazine rings is 1. The van der Waals surface area contributed by atoms with Gasteiger partial charge in [-0.05, 0) is 25.1 Å². The molecule has 0 saturated carbocycles. The second-order valence-electron chi connectivity index (χ2n) is 4.62. The summed E-state index contributed by atoms with van der Waals surface area (Å²) in [6.07, 6.45) is 0. The maximum Gasteiger partial charge on any atom is 0.254 e. The van der Waals surface area contributed by atoms with Gasteiger partial charge in [0, 0.05) is 18.7 Å². The lowest BCUT2D eigenvalue weighted by atomic mass is 10.1. The van der Waals surface area contributed by atoms with Crippen LogP contribution in [0.1, 0.15) is 22.8 Å². The molecule has 0 bridgehead atoms. The number of amides is 2. The van der Waals surface area contributed by atoms with Crippen molar-refractivity contribution in [3.05, 3.63) is 35.1 Å². The highest BCUT2D eigenvalue weighted by Crippen LogP contribution is 2.14. The second kappa shape index (κ2) is 6.37. The minimum absolute atomic E-state index is 0.116. The van der Waals surface area contributed by atoms with Crippen LogP contribution in [0.3, 0.4) is 0 Å². The predicted octanol–water partition coefficient (Wildman–Crippen LogP) is 0.130. The molecule has 2 rings (SSSR count). The van der Waals surface area contributed by atoms with Crippen molar-refractivity contribution >= 4 is 11.8 Å². The summed E-state index contributed by atoms with van der Waals surface area (Å²) in [4.78, 5) is 25.3. The van der Waals surface area contributed by atoms with Gasteiger partial charge in [0.25, 0.3) is 5.91 Å². The Morgan fingerprint density at radius 1 is 1.57 bits per heavy atom. The van der Waals surface area contributed by atoms with Crippen LogP contribution in [-0.4, -0.2) is 47.6 Å². The van der Waals surface area contributed by atoms with E-state index >= 15 is 0 Å². The highest BCUT2D eigenvalue weighted by molar-refractivity contribution is 5.98. The van der Waals surface area contributed by atoms with Gasteiger partial charge in [-0.15, -0.1) is 0 Å².